The zero-order chi connectivity index (χ0) is 21.2. The first kappa shape index (κ1) is 23.0. The monoisotopic (exact) mass is 396 g/mol. The van der Waals surface area contributed by atoms with Crippen molar-refractivity contribution in [3.05, 3.63) is 0 Å². The highest BCUT2D eigenvalue weighted by Gasteiger charge is 2.64. The van der Waals surface area contributed by atoms with Crippen LogP contribution >= 0.6 is 0 Å². The number of fused-ring (bicyclic) bond motifs is 1. The minimum Gasteiger partial charge on any atom is -0.481 e. The third kappa shape index (κ3) is 3.90. The Morgan fingerprint density at radius 3 is 2.39 bits per heavy atom. The maximum Gasteiger partial charge on any atom is 0.306 e. The Balaban J connectivity index is 2.60. The van der Waals surface area contributed by atoms with Gasteiger partial charge in [-0.2, -0.15) is 0 Å². The van der Waals surface area contributed by atoms with Gasteiger partial charge < -0.3 is 15.3 Å². The number of rotatable bonds is 8. The van der Waals surface area contributed by atoms with Crippen LogP contribution in [-0.4, -0.2) is 45.6 Å². The molecule has 0 spiro atoms. The van der Waals surface area contributed by atoms with E-state index < -0.39 is 52.7 Å². The molecular formula is C22H36O6. The lowest BCUT2D eigenvalue weighted by Gasteiger charge is -2.57. The highest BCUT2D eigenvalue weighted by Crippen LogP contribution is 2.58. The Morgan fingerprint density at radius 1 is 1.21 bits per heavy atom. The predicted octanol–water partition coefficient (Wildman–Crippen LogP) is 2.69. The summed E-state index contributed by atoms with van der Waals surface area (Å²) in [4.78, 5) is 38.4. The molecule has 2 rings (SSSR count). The molecule has 3 N–H and O–H groups in total. The average Bonchev–Trinajstić information content (AvgIpc) is 2.63. The fourth-order valence-corrected chi connectivity index (χ4v) is 6.18. The Labute approximate surface area is 167 Å². The molecule has 0 saturated heterocycles. The van der Waals surface area contributed by atoms with Gasteiger partial charge in [0, 0.05) is 23.9 Å². The summed E-state index contributed by atoms with van der Waals surface area (Å²) in [5.41, 5.74) is -1.05. The fraction of sp³-hybridized carbons (Fsp3) is 0.864. The predicted molar refractivity (Wildman–Crippen MR) is 105 cm³/mol. The van der Waals surface area contributed by atoms with Gasteiger partial charge in [-0.25, -0.2) is 0 Å². The SMILES string of the molecule is CCCCC(C)C1C(=O)C(=O)C2CC(C)CC(C(=O)O)C2C1(C)C(O)CCO. The highest BCUT2D eigenvalue weighted by atomic mass is 16.4. The second-order valence-electron chi connectivity index (χ2n) is 9.37. The van der Waals surface area contributed by atoms with Crippen molar-refractivity contribution in [3.63, 3.8) is 0 Å². The van der Waals surface area contributed by atoms with Crippen LogP contribution < -0.4 is 0 Å². The second-order valence-corrected chi connectivity index (χ2v) is 9.37. The molecule has 8 atom stereocenters. The van der Waals surface area contributed by atoms with Crippen molar-refractivity contribution in [3.8, 4) is 0 Å². The average molecular weight is 397 g/mol. The molecule has 2 aliphatic carbocycles. The van der Waals surface area contributed by atoms with Gasteiger partial charge in [0.1, 0.15) is 0 Å². The normalized spacial score (nSPS) is 38.0. The number of hydrogen-bond donors (Lipinski definition) is 3. The molecule has 2 fully saturated rings. The maximum absolute atomic E-state index is 13.2. The maximum atomic E-state index is 13.2. The van der Waals surface area contributed by atoms with Gasteiger partial charge >= 0.3 is 5.97 Å². The molecule has 0 aromatic rings. The molecule has 0 radical (unpaired) electrons. The number of ketones is 2. The van der Waals surface area contributed by atoms with E-state index >= 15 is 0 Å². The number of aliphatic hydroxyl groups is 2. The first-order valence-electron chi connectivity index (χ1n) is 10.7. The third-order valence-electron chi connectivity index (χ3n) is 7.45. The van der Waals surface area contributed by atoms with Crippen molar-refractivity contribution in [1.82, 2.24) is 0 Å². The van der Waals surface area contributed by atoms with Crippen LogP contribution in [0.1, 0.15) is 66.2 Å². The van der Waals surface area contributed by atoms with E-state index in [0.717, 1.165) is 19.3 Å². The number of carbonyl (C=O) groups excluding carboxylic acids is 2. The largest absolute Gasteiger partial charge is 0.481 e. The molecule has 2 saturated carbocycles. The Hall–Kier alpha value is -1.27. The second kappa shape index (κ2) is 9.04. The van der Waals surface area contributed by atoms with E-state index in [0.29, 0.717) is 12.8 Å². The Kier molecular flexibility index (Phi) is 7.43. The molecule has 6 nitrogen and oxygen atoms in total. The Morgan fingerprint density at radius 2 is 1.86 bits per heavy atom. The Bertz CT molecular complexity index is 602. The molecule has 0 aromatic heterocycles. The number of carboxylic acids is 1. The first-order chi connectivity index (χ1) is 13.1. The van der Waals surface area contributed by atoms with E-state index in [2.05, 4.69) is 6.92 Å². The zero-order valence-electron chi connectivity index (χ0n) is 17.6. The van der Waals surface area contributed by atoms with E-state index in [9.17, 15) is 29.7 Å². The van der Waals surface area contributed by atoms with E-state index in [-0.39, 0.29) is 24.9 Å². The third-order valence-corrected chi connectivity index (χ3v) is 7.45. The number of carboxylic acid groups (broad SMARTS) is 1. The van der Waals surface area contributed by atoms with Crippen LogP contribution in [0.15, 0.2) is 0 Å². The molecule has 0 heterocycles. The number of aliphatic carboxylic acids is 1. The van der Waals surface area contributed by atoms with Crippen molar-refractivity contribution in [2.75, 3.05) is 6.61 Å². The standard InChI is InChI=1S/C22H36O6/c1-5-6-7-13(3)17-20(26)19(25)14-10-12(2)11-15(21(27)28)18(14)22(17,4)16(24)8-9-23/h12-18,23-24H,5-11H2,1-4H3,(H,27,28). The summed E-state index contributed by atoms with van der Waals surface area (Å²) >= 11 is 0. The summed E-state index contributed by atoms with van der Waals surface area (Å²) in [6.45, 7) is 7.44. The van der Waals surface area contributed by atoms with Gasteiger partial charge in [-0.05, 0) is 43.4 Å². The van der Waals surface area contributed by atoms with Crippen LogP contribution in [0, 0.1) is 40.9 Å². The van der Waals surface area contributed by atoms with E-state index in [1.165, 1.54) is 0 Å². The van der Waals surface area contributed by atoms with E-state index in [4.69, 9.17) is 0 Å². The number of aliphatic hydroxyl groups excluding tert-OH is 2. The quantitative estimate of drug-likeness (QED) is 0.544. The van der Waals surface area contributed by atoms with Crippen molar-refractivity contribution in [1.29, 1.82) is 0 Å². The van der Waals surface area contributed by atoms with Crippen LogP contribution in [0.4, 0.5) is 0 Å². The van der Waals surface area contributed by atoms with E-state index in [1.54, 1.807) is 6.92 Å². The minimum atomic E-state index is -1.05. The lowest BCUT2D eigenvalue weighted by atomic mass is 9.45. The summed E-state index contributed by atoms with van der Waals surface area (Å²) in [5, 5.41) is 30.5. The molecule has 6 heteroatoms. The van der Waals surface area contributed by atoms with Crippen LogP contribution in [0.3, 0.4) is 0 Å². The molecule has 160 valence electrons. The van der Waals surface area contributed by atoms with Crippen molar-refractivity contribution >= 4 is 17.5 Å². The van der Waals surface area contributed by atoms with Gasteiger partial charge in [0.25, 0.3) is 0 Å². The molecule has 2 aliphatic rings. The molecule has 0 aliphatic heterocycles. The smallest absolute Gasteiger partial charge is 0.306 e. The van der Waals surface area contributed by atoms with Gasteiger partial charge in [0.15, 0.2) is 0 Å². The molecule has 0 bridgehead atoms. The number of Topliss-reactive ketones (excluding diaryl/α,β-unsaturated/α-hetero) is 2. The molecule has 8 unspecified atom stereocenters. The van der Waals surface area contributed by atoms with Crippen molar-refractivity contribution in [2.45, 2.75) is 72.3 Å². The number of carbonyl (C=O) groups is 3. The van der Waals surface area contributed by atoms with Gasteiger partial charge in [-0.3, -0.25) is 14.4 Å². The van der Waals surface area contributed by atoms with Crippen LogP contribution in [0.25, 0.3) is 0 Å². The fourth-order valence-electron chi connectivity index (χ4n) is 6.18. The molecular weight excluding hydrogens is 360 g/mol. The lowest BCUT2D eigenvalue weighted by Crippen LogP contribution is -2.64. The van der Waals surface area contributed by atoms with Gasteiger partial charge in [0.2, 0.25) is 11.6 Å². The van der Waals surface area contributed by atoms with E-state index in [1.807, 2.05) is 13.8 Å². The first-order valence-corrected chi connectivity index (χ1v) is 10.7. The van der Waals surface area contributed by atoms with Crippen LogP contribution in [-0.2, 0) is 14.4 Å². The van der Waals surface area contributed by atoms with Gasteiger partial charge in [0.05, 0.1) is 12.0 Å². The molecule has 0 amide bonds. The summed E-state index contributed by atoms with van der Waals surface area (Å²) in [5.74, 6) is -4.72. The van der Waals surface area contributed by atoms with Crippen molar-refractivity contribution in [2.24, 2.45) is 40.9 Å². The summed E-state index contributed by atoms with van der Waals surface area (Å²) in [7, 11) is 0. The number of unbranched alkanes of at least 4 members (excludes halogenated alkanes) is 1. The van der Waals surface area contributed by atoms with Crippen LogP contribution in [0.5, 0.6) is 0 Å². The van der Waals surface area contributed by atoms with Crippen molar-refractivity contribution < 1.29 is 29.7 Å². The zero-order valence-corrected chi connectivity index (χ0v) is 17.6. The van der Waals surface area contributed by atoms with Gasteiger partial charge in [-0.1, -0.05) is 40.5 Å². The lowest BCUT2D eigenvalue weighted by molar-refractivity contribution is -0.185. The summed E-state index contributed by atoms with van der Waals surface area (Å²) in [6.07, 6.45) is 2.56. The summed E-state index contributed by atoms with van der Waals surface area (Å²) in [6, 6.07) is 0. The topological polar surface area (TPSA) is 112 Å². The number of hydrogen-bond acceptors (Lipinski definition) is 5. The summed E-state index contributed by atoms with van der Waals surface area (Å²) < 4.78 is 0. The molecule has 0 aromatic carbocycles. The van der Waals surface area contributed by atoms with Crippen LogP contribution in [0.2, 0.25) is 0 Å². The van der Waals surface area contributed by atoms with Gasteiger partial charge in [-0.15, -0.1) is 0 Å². The highest BCUT2D eigenvalue weighted by molar-refractivity contribution is 6.39. The minimum absolute atomic E-state index is 0.0346. The molecule has 28 heavy (non-hydrogen) atoms.